The molecule has 3 aromatic rings. The number of benzene rings is 3. The number of nitrogens with one attached hydrogen (secondary N) is 1. The Balaban J connectivity index is 1.89. The third kappa shape index (κ3) is 3.49. The highest BCUT2D eigenvalue weighted by molar-refractivity contribution is 7.92. The zero-order valence-corrected chi connectivity index (χ0v) is 14.5. The summed E-state index contributed by atoms with van der Waals surface area (Å²) >= 11 is 0. The summed E-state index contributed by atoms with van der Waals surface area (Å²) < 4.78 is 27.9. The number of sulfonamides is 1. The summed E-state index contributed by atoms with van der Waals surface area (Å²) in [4.78, 5) is 0.253. The first-order valence-corrected chi connectivity index (χ1v) is 9.19. The van der Waals surface area contributed by atoms with E-state index < -0.39 is 10.0 Å². The molecular formula is C20H19NO2S. The van der Waals surface area contributed by atoms with Crippen LogP contribution in [0.25, 0.3) is 11.1 Å². The molecule has 24 heavy (non-hydrogen) atoms. The van der Waals surface area contributed by atoms with Crippen LogP contribution in [-0.2, 0) is 10.0 Å². The molecule has 0 aromatic heterocycles. The Morgan fingerprint density at radius 3 is 2.04 bits per heavy atom. The molecule has 0 aliphatic carbocycles. The summed E-state index contributed by atoms with van der Waals surface area (Å²) in [6.07, 6.45) is 0. The fraction of sp³-hybridized carbons (Fsp3) is 0.100. The third-order valence-corrected chi connectivity index (χ3v) is 5.29. The second-order valence-electron chi connectivity index (χ2n) is 5.81. The molecule has 0 aliphatic heterocycles. The van der Waals surface area contributed by atoms with Crippen LogP contribution in [0.4, 0.5) is 5.69 Å². The van der Waals surface area contributed by atoms with E-state index in [-0.39, 0.29) is 4.90 Å². The van der Waals surface area contributed by atoms with Crippen molar-refractivity contribution in [2.45, 2.75) is 18.7 Å². The summed E-state index contributed by atoms with van der Waals surface area (Å²) in [6.45, 7) is 3.82. The molecule has 0 aliphatic rings. The standard InChI is InChI=1S/C20H19NO2S/c1-15-8-9-16(2)20(14-15)21-24(22,23)19-12-10-18(11-13-19)17-6-4-3-5-7-17/h3-14,21H,1-2H3. The predicted octanol–water partition coefficient (Wildman–Crippen LogP) is 4.77. The van der Waals surface area contributed by atoms with Crippen molar-refractivity contribution in [3.8, 4) is 11.1 Å². The van der Waals surface area contributed by atoms with Gasteiger partial charge in [0.15, 0.2) is 0 Å². The van der Waals surface area contributed by atoms with Crippen molar-refractivity contribution in [3.05, 3.63) is 83.9 Å². The van der Waals surface area contributed by atoms with E-state index in [4.69, 9.17) is 0 Å². The van der Waals surface area contributed by atoms with Crippen molar-refractivity contribution in [1.82, 2.24) is 0 Å². The maximum atomic E-state index is 12.6. The monoisotopic (exact) mass is 337 g/mol. The van der Waals surface area contributed by atoms with Gasteiger partial charge in [0.25, 0.3) is 10.0 Å². The average Bonchev–Trinajstić information content (AvgIpc) is 2.59. The third-order valence-electron chi connectivity index (χ3n) is 3.91. The Morgan fingerprint density at radius 2 is 1.38 bits per heavy atom. The zero-order valence-electron chi connectivity index (χ0n) is 13.7. The normalized spacial score (nSPS) is 11.2. The highest BCUT2D eigenvalue weighted by atomic mass is 32.2. The average molecular weight is 337 g/mol. The van der Waals surface area contributed by atoms with E-state index >= 15 is 0 Å². The van der Waals surface area contributed by atoms with Crippen LogP contribution >= 0.6 is 0 Å². The molecule has 0 bridgehead atoms. The van der Waals surface area contributed by atoms with Crippen LogP contribution in [0.15, 0.2) is 77.7 Å². The lowest BCUT2D eigenvalue weighted by Gasteiger charge is -2.12. The molecule has 4 heteroatoms. The van der Waals surface area contributed by atoms with Crippen LogP contribution in [0.2, 0.25) is 0 Å². The molecule has 3 aromatic carbocycles. The molecule has 3 rings (SSSR count). The van der Waals surface area contributed by atoms with Gasteiger partial charge in [-0.1, -0.05) is 54.6 Å². The van der Waals surface area contributed by atoms with Crippen LogP contribution in [0.3, 0.4) is 0 Å². The van der Waals surface area contributed by atoms with E-state index in [9.17, 15) is 8.42 Å². The lowest BCUT2D eigenvalue weighted by atomic mass is 10.1. The first-order valence-electron chi connectivity index (χ1n) is 7.71. The van der Waals surface area contributed by atoms with Crippen molar-refractivity contribution in [1.29, 1.82) is 0 Å². The molecule has 0 atom stereocenters. The molecule has 3 nitrogen and oxygen atoms in total. The molecule has 0 saturated heterocycles. The second-order valence-corrected chi connectivity index (χ2v) is 7.50. The highest BCUT2D eigenvalue weighted by Gasteiger charge is 2.15. The molecule has 0 unspecified atom stereocenters. The van der Waals surface area contributed by atoms with E-state index in [1.165, 1.54) is 0 Å². The van der Waals surface area contributed by atoms with Crippen LogP contribution in [0.1, 0.15) is 11.1 Å². The number of hydrogen-bond acceptors (Lipinski definition) is 2. The molecule has 122 valence electrons. The van der Waals surface area contributed by atoms with Gasteiger partial charge in [-0.05, 0) is 54.3 Å². The van der Waals surface area contributed by atoms with Crippen molar-refractivity contribution >= 4 is 15.7 Å². The van der Waals surface area contributed by atoms with Gasteiger partial charge >= 0.3 is 0 Å². The summed E-state index contributed by atoms with van der Waals surface area (Å²) in [5.74, 6) is 0. The molecule has 0 radical (unpaired) electrons. The summed E-state index contributed by atoms with van der Waals surface area (Å²) in [5, 5.41) is 0. The van der Waals surface area contributed by atoms with E-state index in [1.807, 2.05) is 74.5 Å². The molecule has 0 saturated carbocycles. The number of rotatable bonds is 4. The molecule has 0 heterocycles. The van der Waals surface area contributed by atoms with E-state index in [0.717, 1.165) is 22.3 Å². The lowest BCUT2D eigenvalue weighted by molar-refractivity contribution is 0.601. The van der Waals surface area contributed by atoms with Gasteiger partial charge in [-0.15, -0.1) is 0 Å². The fourth-order valence-electron chi connectivity index (χ4n) is 2.51. The highest BCUT2D eigenvalue weighted by Crippen LogP contribution is 2.24. The van der Waals surface area contributed by atoms with E-state index in [1.54, 1.807) is 12.1 Å². The molecule has 0 amide bonds. The Morgan fingerprint density at radius 1 is 0.750 bits per heavy atom. The van der Waals surface area contributed by atoms with Crippen LogP contribution < -0.4 is 4.72 Å². The maximum Gasteiger partial charge on any atom is 0.261 e. The predicted molar refractivity (Wildman–Crippen MR) is 98.6 cm³/mol. The minimum Gasteiger partial charge on any atom is -0.279 e. The van der Waals surface area contributed by atoms with E-state index in [2.05, 4.69) is 4.72 Å². The van der Waals surface area contributed by atoms with Gasteiger partial charge < -0.3 is 0 Å². The first-order chi connectivity index (χ1) is 11.5. The Labute approximate surface area is 143 Å². The van der Waals surface area contributed by atoms with Crippen molar-refractivity contribution < 1.29 is 8.42 Å². The van der Waals surface area contributed by atoms with Gasteiger partial charge in [0.2, 0.25) is 0 Å². The minimum absolute atomic E-state index is 0.253. The lowest BCUT2D eigenvalue weighted by Crippen LogP contribution is -2.13. The van der Waals surface area contributed by atoms with Gasteiger partial charge in [0.1, 0.15) is 0 Å². The second kappa shape index (κ2) is 6.49. The smallest absolute Gasteiger partial charge is 0.261 e. The number of hydrogen-bond donors (Lipinski definition) is 1. The quantitative estimate of drug-likeness (QED) is 0.745. The molecular weight excluding hydrogens is 318 g/mol. The Bertz CT molecular complexity index is 947. The van der Waals surface area contributed by atoms with Crippen LogP contribution in [0.5, 0.6) is 0 Å². The topological polar surface area (TPSA) is 46.2 Å². The Hall–Kier alpha value is -2.59. The van der Waals surface area contributed by atoms with Gasteiger partial charge in [-0.25, -0.2) is 8.42 Å². The number of anilines is 1. The van der Waals surface area contributed by atoms with Crippen LogP contribution in [-0.4, -0.2) is 8.42 Å². The van der Waals surface area contributed by atoms with Gasteiger partial charge in [0.05, 0.1) is 10.6 Å². The zero-order chi connectivity index (χ0) is 17.2. The van der Waals surface area contributed by atoms with Gasteiger partial charge in [-0.2, -0.15) is 0 Å². The van der Waals surface area contributed by atoms with Crippen LogP contribution in [0, 0.1) is 13.8 Å². The van der Waals surface area contributed by atoms with Gasteiger partial charge in [-0.3, -0.25) is 4.72 Å². The Kier molecular flexibility index (Phi) is 4.40. The maximum absolute atomic E-state index is 12.6. The SMILES string of the molecule is Cc1ccc(C)c(NS(=O)(=O)c2ccc(-c3ccccc3)cc2)c1. The summed E-state index contributed by atoms with van der Waals surface area (Å²) in [6, 6.07) is 22.5. The summed E-state index contributed by atoms with van der Waals surface area (Å²) in [5.41, 5.74) is 4.56. The first kappa shape index (κ1) is 16.3. The summed E-state index contributed by atoms with van der Waals surface area (Å²) in [7, 11) is -3.60. The van der Waals surface area contributed by atoms with Crippen molar-refractivity contribution in [2.24, 2.45) is 0 Å². The molecule has 0 fully saturated rings. The van der Waals surface area contributed by atoms with E-state index in [0.29, 0.717) is 5.69 Å². The fourth-order valence-corrected chi connectivity index (χ4v) is 3.63. The molecule has 0 spiro atoms. The molecule has 1 N–H and O–H groups in total. The van der Waals surface area contributed by atoms with Gasteiger partial charge in [0, 0.05) is 0 Å². The minimum atomic E-state index is -3.60. The number of aryl methyl sites for hydroxylation is 2. The van der Waals surface area contributed by atoms with Crippen molar-refractivity contribution in [2.75, 3.05) is 4.72 Å². The largest absolute Gasteiger partial charge is 0.279 e. The van der Waals surface area contributed by atoms with Crippen molar-refractivity contribution in [3.63, 3.8) is 0 Å².